The van der Waals surface area contributed by atoms with Gasteiger partial charge in [-0.1, -0.05) is 12.1 Å². The third kappa shape index (κ3) is 2.68. The first-order chi connectivity index (χ1) is 8.56. The van der Waals surface area contributed by atoms with Crippen molar-refractivity contribution >= 4 is 11.6 Å². The molecule has 0 unspecified atom stereocenters. The molecule has 2 aromatic rings. The molecule has 0 fully saturated rings. The standard InChI is InChI=1S/C13H14FN3O/c1-17-8-11(15)6-12(17)13(18)16-7-9-3-2-4-10(14)5-9/h2-6,8H,7,15H2,1H3,(H,16,18). The van der Waals surface area contributed by atoms with Gasteiger partial charge in [-0.3, -0.25) is 4.79 Å². The van der Waals surface area contributed by atoms with E-state index in [-0.39, 0.29) is 18.3 Å². The number of carbonyl (C=O) groups excluding carboxylic acids is 1. The molecular weight excluding hydrogens is 233 g/mol. The monoisotopic (exact) mass is 247 g/mol. The summed E-state index contributed by atoms with van der Waals surface area (Å²) in [6.07, 6.45) is 1.66. The molecule has 0 radical (unpaired) electrons. The third-order valence-electron chi connectivity index (χ3n) is 2.60. The van der Waals surface area contributed by atoms with Gasteiger partial charge in [-0.2, -0.15) is 0 Å². The molecule has 0 saturated heterocycles. The van der Waals surface area contributed by atoms with Crippen molar-refractivity contribution in [3.05, 3.63) is 53.6 Å². The molecule has 1 heterocycles. The molecule has 0 aliphatic carbocycles. The lowest BCUT2D eigenvalue weighted by Gasteiger charge is -2.06. The van der Waals surface area contributed by atoms with E-state index in [0.29, 0.717) is 16.9 Å². The molecule has 0 aliphatic rings. The number of hydrogen-bond acceptors (Lipinski definition) is 2. The Kier molecular flexibility index (Phi) is 3.32. The maximum atomic E-state index is 12.9. The fourth-order valence-corrected chi connectivity index (χ4v) is 1.74. The van der Waals surface area contributed by atoms with Crippen molar-refractivity contribution in [3.8, 4) is 0 Å². The molecule has 94 valence electrons. The van der Waals surface area contributed by atoms with Gasteiger partial charge in [0.25, 0.3) is 5.91 Å². The number of carbonyl (C=O) groups is 1. The second-order valence-corrected chi connectivity index (χ2v) is 4.08. The van der Waals surface area contributed by atoms with Crippen LogP contribution in [0.25, 0.3) is 0 Å². The zero-order valence-electron chi connectivity index (χ0n) is 9.98. The second kappa shape index (κ2) is 4.91. The number of halogens is 1. The van der Waals surface area contributed by atoms with Crippen LogP contribution in [0.1, 0.15) is 16.1 Å². The Hall–Kier alpha value is -2.30. The molecule has 0 atom stereocenters. The van der Waals surface area contributed by atoms with Crippen LogP contribution >= 0.6 is 0 Å². The normalized spacial score (nSPS) is 10.3. The number of rotatable bonds is 3. The van der Waals surface area contributed by atoms with E-state index < -0.39 is 0 Å². The highest BCUT2D eigenvalue weighted by Gasteiger charge is 2.10. The third-order valence-corrected chi connectivity index (χ3v) is 2.60. The average molecular weight is 247 g/mol. The minimum atomic E-state index is -0.315. The smallest absolute Gasteiger partial charge is 0.268 e. The molecule has 2 rings (SSSR count). The second-order valence-electron chi connectivity index (χ2n) is 4.08. The highest BCUT2D eigenvalue weighted by Crippen LogP contribution is 2.09. The Bertz CT molecular complexity index is 577. The molecule has 0 saturated carbocycles. The Morgan fingerprint density at radius 2 is 2.22 bits per heavy atom. The van der Waals surface area contributed by atoms with Crippen molar-refractivity contribution in [1.29, 1.82) is 0 Å². The summed E-state index contributed by atoms with van der Waals surface area (Å²) >= 11 is 0. The molecule has 0 spiro atoms. The van der Waals surface area contributed by atoms with E-state index in [4.69, 9.17) is 5.73 Å². The van der Waals surface area contributed by atoms with Crippen LogP contribution in [0.4, 0.5) is 10.1 Å². The van der Waals surface area contributed by atoms with Crippen LogP contribution < -0.4 is 11.1 Å². The van der Waals surface area contributed by atoms with E-state index in [9.17, 15) is 9.18 Å². The summed E-state index contributed by atoms with van der Waals surface area (Å²) in [7, 11) is 1.74. The molecule has 5 heteroatoms. The number of nitrogens with one attached hydrogen (secondary N) is 1. The largest absolute Gasteiger partial charge is 0.397 e. The van der Waals surface area contributed by atoms with Crippen LogP contribution in [0.15, 0.2) is 36.5 Å². The lowest BCUT2D eigenvalue weighted by molar-refractivity contribution is 0.0942. The van der Waals surface area contributed by atoms with Crippen LogP contribution in [0.2, 0.25) is 0 Å². The fourth-order valence-electron chi connectivity index (χ4n) is 1.74. The van der Waals surface area contributed by atoms with E-state index in [0.717, 1.165) is 0 Å². The van der Waals surface area contributed by atoms with E-state index in [1.54, 1.807) is 36.0 Å². The minimum Gasteiger partial charge on any atom is -0.397 e. The van der Waals surface area contributed by atoms with Crippen molar-refractivity contribution in [3.63, 3.8) is 0 Å². The van der Waals surface area contributed by atoms with Gasteiger partial charge in [-0.05, 0) is 23.8 Å². The summed E-state index contributed by atoms with van der Waals surface area (Å²) in [5.74, 6) is -0.552. The van der Waals surface area contributed by atoms with Crippen molar-refractivity contribution in [2.45, 2.75) is 6.54 Å². The van der Waals surface area contributed by atoms with Gasteiger partial charge in [0.1, 0.15) is 11.5 Å². The molecule has 0 bridgehead atoms. The van der Waals surface area contributed by atoms with E-state index in [2.05, 4.69) is 5.32 Å². The quantitative estimate of drug-likeness (QED) is 0.866. The van der Waals surface area contributed by atoms with Gasteiger partial charge in [0.15, 0.2) is 0 Å². The molecule has 4 nitrogen and oxygen atoms in total. The Balaban J connectivity index is 2.03. The highest BCUT2D eigenvalue weighted by atomic mass is 19.1. The number of anilines is 1. The number of benzene rings is 1. The predicted octanol–water partition coefficient (Wildman–Crippen LogP) is 1.68. The van der Waals surface area contributed by atoms with Gasteiger partial charge >= 0.3 is 0 Å². The maximum Gasteiger partial charge on any atom is 0.268 e. The van der Waals surface area contributed by atoms with Crippen LogP contribution in [0.3, 0.4) is 0 Å². The molecule has 0 aliphatic heterocycles. The summed E-state index contributed by atoms with van der Waals surface area (Å²) in [4.78, 5) is 11.9. The first-order valence-corrected chi connectivity index (χ1v) is 5.51. The fraction of sp³-hybridized carbons (Fsp3) is 0.154. The molecule has 3 N–H and O–H groups in total. The molecule has 1 aromatic heterocycles. The lowest BCUT2D eigenvalue weighted by atomic mass is 10.2. The Labute approximate surface area is 104 Å². The van der Waals surface area contributed by atoms with Crippen LogP contribution in [-0.2, 0) is 13.6 Å². The van der Waals surface area contributed by atoms with Crippen LogP contribution in [0.5, 0.6) is 0 Å². The number of hydrogen-bond donors (Lipinski definition) is 2. The van der Waals surface area contributed by atoms with E-state index in [1.807, 2.05) is 0 Å². The first-order valence-electron chi connectivity index (χ1n) is 5.51. The predicted molar refractivity (Wildman–Crippen MR) is 67.4 cm³/mol. The number of amides is 1. The topological polar surface area (TPSA) is 60.0 Å². The van der Waals surface area contributed by atoms with Gasteiger partial charge in [-0.25, -0.2) is 4.39 Å². The minimum absolute atomic E-state index is 0.238. The summed E-state index contributed by atoms with van der Waals surface area (Å²) in [6.45, 7) is 0.279. The summed E-state index contributed by atoms with van der Waals surface area (Å²) in [6, 6.07) is 7.71. The summed E-state index contributed by atoms with van der Waals surface area (Å²) < 4.78 is 14.6. The van der Waals surface area contributed by atoms with E-state index >= 15 is 0 Å². The molecule has 1 amide bonds. The van der Waals surface area contributed by atoms with Gasteiger partial charge < -0.3 is 15.6 Å². The Morgan fingerprint density at radius 1 is 1.44 bits per heavy atom. The molecular formula is C13H14FN3O. The molecule has 18 heavy (non-hydrogen) atoms. The lowest BCUT2D eigenvalue weighted by Crippen LogP contribution is -2.24. The number of aryl methyl sites for hydroxylation is 1. The van der Waals surface area contributed by atoms with Crippen molar-refractivity contribution in [2.24, 2.45) is 7.05 Å². The number of nitrogens with zero attached hydrogens (tertiary/aromatic N) is 1. The number of aromatic nitrogens is 1. The zero-order chi connectivity index (χ0) is 13.1. The zero-order valence-corrected chi connectivity index (χ0v) is 9.98. The highest BCUT2D eigenvalue weighted by molar-refractivity contribution is 5.93. The van der Waals surface area contributed by atoms with Gasteiger partial charge in [0.2, 0.25) is 0 Å². The first kappa shape index (κ1) is 12.2. The Morgan fingerprint density at radius 3 is 2.83 bits per heavy atom. The molecule has 1 aromatic carbocycles. The van der Waals surface area contributed by atoms with Crippen molar-refractivity contribution in [2.75, 3.05) is 5.73 Å². The SMILES string of the molecule is Cn1cc(N)cc1C(=O)NCc1cccc(F)c1. The summed E-state index contributed by atoms with van der Waals surface area (Å²) in [5, 5.41) is 2.71. The number of nitrogen functional groups attached to an aromatic ring is 1. The summed E-state index contributed by atoms with van der Waals surface area (Å²) in [5.41, 5.74) is 7.32. The number of nitrogens with two attached hydrogens (primary N) is 1. The van der Waals surface area contributed by atoms with Crippen molar-refractivity contribution < 1.29 is 9.18 Å². The average Bonchev–Trinajstić information content (AvgIpc) is 2.66. The van der Waals surface area contributed by atoms with Gasteiger partial charge in [0.05, 0.1) is 5.69 Å². The van der Waals surface area contributed by atoms with Gasteiger partial charge in [0, 0.05) is 19.8 Å². The van der Waals surface area contributed by atoms with Crippen LogP contribution in [0, 0.1) is 5.82 Å². The van der Waals surface area contributed by atoms with Gasteiger partial charge in [-0.15, -0.1) is 0 Å². The van der Waals surface area contributed by atoms with Crippen LogP contribution in [-0.4, -0.2) is 10.5 Å². The van der Waals surface area contributed by atoms with E-state index in [1.165, 1.54) is 12.1 Å². The van der Waals surface area contributed by atoms with Crippen molar-refractivity contribution in [1.82, 2.24) is 9.88 Å². The maximum absolute atomic E-state index is 12.9.